The highest BCUT2D eigenvalue weighted by atomic mass is 16.5. The highest BCUT2D eigenvalue weighted by Gasteiger charge is 2.23. The number of aryl methyl sites for hydroxylation is 2. The van der Waals surface area contributed by atoms with Crippen molar-refractivity contribution in [2.75, 3.05) is 20.2 Å². The summed E-state index contributed by atoms with van der Waals surface area (Å²) in [4.78, 5) is 19.2. The Hall–Kier alpha value is -2.41. The summed E-state index contributed by atoms with van der Waals surface area (Å²) >= 11 is 0. The molecule has 0 spiro atoms. The lowest BCUT2D eigenvalue weighted by Gasteiger charge is -2.32. The van der Waals surface area contributed by atoms with E-state index in [2.05, 4.69) is 27.2 Å². The van der Waals surface area contributed by atoms with Crippen molar-refractivity contribution in [3.8, 4) is 5.75 Å². The molecule has 3 heterocycles. The molecule has 1 amide bonds. The Labute approximate surface area is 154 Å². The molecule has 1 aliphatic rings. The SMILES string of the molecule is COc1c(C)cnc(CN2CCC(NC(=O)c3ccn(C)n3)CC2)c1C. The van der Waals surface area contributed by atoms with Gasteiger partial charge in [-0.15, -0.1) is 0 Å². The van der Waals surface area contributed by atoms with E-state index in [0.717, 1.165) is 55.0 Å². The number of ether oxygens (including phenoxy) is 1. The van der Waals surface area contributed by atoms with Crippen molar-refractivity contribution in [3.05, 3.63) is 41.0 Å². The lowest BCUT2D eigenvalue weighted by molar-refractivity contribution is 0.0902. The van der Waals surface area contributed by atoms with Crippen LogP contribution in [0.1, 0.15) is 40.2 Å². The standard InChI is InChI=1S/C19H27N5O2/c1-13-11-20-17(14(2)18(13)26-4)12-24-9-5-15(6-10-24)21-19(25)16-7-8-23(3)22-16/h7-8,11,15H,5-6,9-10,12H2,1-4H3,(H,21,25). The smallest absolute Gasteiger partial charge is 0.271 e. The summed E-state index contributed by atoms with van der Waals surface area (Å²) in [7, 11) is 3.51. The van der Waals surface area contributed by atoms with Gasteiger partial charge >= 0.3 is 0 Å². The van der Waals surface area contributed by atoms with Crippen molar-refractivity contribution >= 4 is 5.91 Å². The largest absolute Gasteiger partial charge is 0.496 e. The van der Waals surface area contributed by atoms with Crippen LogP contribution in [-0.2, 0) is 13.6 Å². The van der Waals surface area contributed by atoms with Crippen molar-refractivity contribution in [2.45, 2.75) is 39.3 Å². The number of amides is 1. The summed E-state index contributed by atoms with van der Waals surface area (Å²) < 4.78 is 7.14. The Morgan fingerprint density at radius 2 is 2.08 bits per heavy atom. The minimum atomic E-state index is -0.0927. The molecule has 140 valence electrons. The maximum Gasteiger partial charge on any atom is 0.271 e. The van der Waals surface area contributed by atoms with E-state index < -0.39 is 0 Å². The number of carbonyl (C=O) groups excluding carboxylic acids is 1. The van der Waals surface area contributed by atoms with Gasteiger partial charge in [-0.2, -0.15) is 5.10 Å². The van der Waals surface area contributed by atoms with Crippen LogP contribution in [0.2, 0.25) is 0 Å². The van der Waals surface area contributed by atoms with E-state index in [4.69, 9.17) is 4.74 Å². The Bertz CT molecular complexity index is 778. The molecule has 1 fully saturated rings. The monoisotopic (exact) mass is 357 g/mol. The zero-order valence-corrected chi connectivity index (χ0v) is 16.0. The molecule has 1 N–H and O–H groups in total. The second-order valence-electron chi connectivity index (χ2n) is 6.94. The van der Waals surface area contributed by atoms with Gasteiger partial charge in [0.1, 0.15) is 11.4 Å². The van der Waals surface area contributed by atoms with Gasteiger partial charge in [0.15, 0.2) is 0 Å². The third-order valence-corrected chi connectivity index (χ3v) is 4.99. The maximum atomic E-state index is 12.2. The predicted octanol–water partition coefficient (Wildman–Crippen LogP) is 1.83. The normalized spacial score (nSPS) is 15.8. The van der Waals surface area contributed by atoms with Gasteiger partial charge in [0.25, 0.3) is 5.91 Å². The van der Waals surface area contributed by atoms with Crippen LogP contribution in [0.5, 0.6) is 5.75 Å². The number of methoxy groups -OCH3 is 1. The van der Waals surface area contributed by atoms with Crippen LogP contribution in [0.4, 0.5) is 0 Å². The number of nitrogens with one attached hydrogen (secondary N) is 1. The molecule has 0 aromatic carbocycles. The molecule has 0 atom stereocenters. The number of piperidine rings is 1. The first-order valence-corrected chi connectivity index (χ1v) is 9.00. The van der Waals surface area contributed by atoms with Gasteiger partial charge in [0.05, 0.1) is 12.8 Å². The highest BCUT2D eigenvalue weighted by Crippen LogP contribution is 2.25. The Morgan fingerprint density at radius 1 is 1.35 bits per heavy atom. The van der Waals surface area contributed by atoms with Crippen molar-refractivity contribution in [1.82, 2.24) is 25.0 Å². The fourth-order valence-electron chi connectivity index (χ4n) is 3.47. The maximum absolute atomic E-state index is 12.2. The Balaban J connectivity index is 1.53. The van der Waals surface area contributed by atoms with E-state index in [1.165, 1.54) is 0 Å². The van der Waals surface area contributed by atoms with E-state index in [1.54, 1.807) is 24.1 Å². The van der Waals surface area contributed by atoms with Crippen molar-refractivity contribution in [3.63, 3.8) is 0 Å². The fraction of sp³-hybridized carbons (Fsp3) is 0.526. The van der Waals surface area contributed by atoms with Gasteiger partial charge in [-0.3, -0.25) is 19.4 Å². The molecule has 3 rings (SSSR count). The lowest BCUT2D eigenvalue weighted by Crippen LogP contribution is -2.44. The van der Waals surface area contributed by atoms with Gasteiger partial charge in [-0.1, -0.05) is 0 Å². The van der Waals surface area contributed by atoms with E-state index in [-0.39, 0.29) is 11.9 Å². The molecule has 2 aromatic rings. The molecule has 26 heavy (non-hydrogen) atoms. The summed E-state index contributed by atoms with van der Waals surface area (Å²) in [6, 6.07) is 1.94. The zero-order valence-electron chi connectivity index (χ0n) is 16.0. The third kappa shape index (κ3) is 4.04. The minimum Gasteiger partial charge on any atom is -0.496 e. The molecular formula is C19H27N5O2. The van der Waals surface area contributed by atoms with Gasteiger partial charge in [-0.05, 0) is 32.8 Å². The van der Waals surface area contributed by atoms with E-state index >= 15 is 0 Å². The van der Waals surface area contributed by atoms with Gasteiger partial charge in [0.2, 0.25) is 0 Å². The molecule has 0 aliphatic carbocycles. The molecule has 2 aromatic heterocycles. The number of carbonyl (C=O) groups is 1. The molecular weight excluding hydrogens is 330 g/mol. The molecule has 0 unspecified atom stereocenters. The zero-order chi connectivity index (χ0) is 18.7. The van der Waals surface area contributed by atoms with Crippen LogP contribution in [0.15, 0.2) is 18.5 Å². The molecule has 1 aliphatic heterocycles. The lowest BCUT2D eigenvalue weighted by atomic mass is 10.0. The van der Waals surface area contributed by atoms with Crippen molar-refractivity contribution in [1.29, 1.82) is 0 Å². The number of pyridine rings is 1. The second-order valence-corrected chi connectivity index (χ2v) is 6.94. The van der Waals surface area contributed by atoms with Gasteiger partial charge < -0.3 is 10.1 Å². The van der Waals surface area contributed by atoms with Crippen molar-refractivity contribution < 1.29 is 9.53 Å². The van der Waals surface area contributed by atoms with Crippen LogP contribution < -0.4 is 10.1 Å². The van der Waals surface area contributed by atoms with Gasteiger partial charge in [-0.25, -0.2) is 0 Å². The molecule has 0 saturated carbocycles. The van der Waals surface area contributed by atoms with E-state index in [9.17, 15) is 4.79 Å². The average molecular weight is 357 g/mol. The van der Waals surface area contributed by atoms with Crippen molar-refractivity contribution in [2.24, 2.45) is 7.05 Å². The predicted molar refractivity (Wildman–Crippen MR) is 99.2 cm³/mol. The summed E-state index contributed by atoms with van der Waals surface area (Å²) in [6.45, 7) is 6.75. The number of nitrogens with zero attached hydrogens (tertiary/aromatic N) is 4. The molecule has 0 radical (unpaired) electrons. The van der Waals surface area contributed by atoms with Gasteiger partial charge in [0, 0.05) is 56.2 Å². The van der Waals surface area contributed by atoms with Crippen LogP contribution >= 0.6 is 0 Å². The van der Waals surface area contributed by atoms with E-state index in [0.29, 0.717) is 5.69 Å². The topological polar surface area (TPSA) is 72.3 Å². The first-order valence-electron chi connectivity index (χ1n) is 9.00. The Morgan fingerprint density at radius 3 is 2.69 bits per heavy atom. The quantitative estimate of drug-likeness (QED) is 0.884. The van der Waals surface area contributed by atoms with E-state index in [1.807, 2.05) is 20.2 Å². The first kappa shape index (κ1) is 18.4. The molecule has 7 heteroatoms. The summed E-state index contributed by atoms with van der Waals surface area (Å²) in [5.74, 6) is 0.831. The first-order chi connectivity index (χ1) is 12.5. The molecule has 7 nitrogen and oxygen atoms in total. The molecule has 0 bridgehead atoms. The van der Waals surface area contributed by atoms with Crippen LogP contribution in [0.25, 0.3) is 0 Å². The van der Waals surface area contributed by atoms with Crippen LogP contribution in [0.3, 0.4) is 0 Å². The number of likely N-dealkylation sites (tertiary alicyclic amines) is 1. The summed E-state index contributed by atoms with van der Waals surface area (Å²) in [6.07, 6.45) is 5.52. The Kier molecular flexibility index (Phi) is 5.56. The van der Waals surface area contributed by atoms with Crippen LogP contribution in [-0.4, -0.2) is 51.8 Å². The number of rotatable bonds is 5. The number of hydrogen-bond acceptors (Lipinski definition) is 5. The number of aromatic nitrogens is 3. The average Bonchev–Trinajstić information content (AvgIpc) is 3.06. The van der Waals surface area contributed by atoms with Crippen LogP contribution in [0, 0.1) is 13.8 Å². The minimum absolute atomic E-state index is 0.0927. The second kappa shape index (κ2) is 7.86. The highest BCUT2D eigenvalue weighted by molar-refractivity contribution is 5.92. The summed E-state index contributed by atoms with van der Waals surface area (Å²) in [5.41, 5.74) is 3.70. The molecule has 1 saturated heterocycles. The fourth-order valence-corrected chi connectivity index (χ4v) is 3.47. The third-order valence-electron chi connectivity index (χ3n) is 4.99. The number of hydrogen-bond donors (Lipinski definition) is 1. The summed E-state index contributed by atoms with van der Waals surface area (Å²) in [5, 5.41) is 7.25.